The van der Waals surface area contributed by atoms with Gasteiger partial charge in [-0.2, -0.15) is 11.8 Å². The molecule has 0 spiro atoms. The van der Waals surface area contributed by atoms with Crippen LogP contribution < -0.4 is 5.32 Å². The zero-order chi connectivity index (χ0) is 12.4. The van der Waals surface area contributed by atoms with Crippen LogP contribution in [-0.4, -0.2) is 34.8 Å². The molecule has 0 aromatic carbocycles. The summed E-state index contributed by atoms with van der Waals surface area (Å²) >= 11 is 2.02. The second-order valence-corrected chi connectivity index (χ2v) is 7.26. The van der Waals surface area contributed by atoms with Crippen molar-refractivity contribution < 1.29 is 5.11 Å². The lowest BCUT2D eigenvalue weighted by molar-refractivity contribution is 0.282. The smallest absolute Gasteiger partial charge is 0.0431 e. The van der Waals surface area contributed by atoms with Crippen molar-refractivity contribution in [3.05, 3.63) is 0 Å². The van der Waals surface area contributed by atoms with Gasteiger partial charge in [-0.05, 0) is 26.3 Å². The van der Waals surface area contributed by atoms with Gasteiger partial charge in [0, 0.05) is 23.1 Å². The second-order valence-electron chi connectivity index (χ2n) is 5.42. The van der Waals surface area contributed by atoms with E-state index in [0.717, 1.165) is 19.4 Å². The molecule has 0 rings (SSSR count). The molecular weight excluding hydrogens is 218 g/mol. The Balaban J connectivity index is 3.27. The first-order chi connectivity index (χ1) is 7.45. The summed E-state index contributed by atoms with van der Waals surface area (Å²) in [5.41, 5.74) is 0. The monoisotopic (exact) mass is 247 g/mol. The molecule has 1 unspecified atom stereocenters. The molecule has 0 bridgehead atoms. The van der Waals surface area contributed by atoms with Crippen molar-refractivity contribution in [1.29, 1.82) is 0 Å². The van der Waals surface area contributed by atoms with Crippen molar-refractivity contribution in [2.45, 2.75) is 64.2 Å². The van der Waals surface area contributed by atoms with Crippen LogP contribution in [0.4, 0.5) is 0 Å². The molecule has 1 atom stereocenters. The summed E-state index contributed by atoms with van der Waals surface area (Å²) in [7, 11) is 0. The van der Waals surface area contributed by atoms with Crippen molar-refractivity contribution in [3.8, 4) is 0 Å². The number of hydrogen-bond donors (Lipinski definition) is 2. The lowest BCUT2D eigenvalue weighted by atomic mass is 10.2. The molecule has 0 amide bonds. The molecule has 0 radical (unpaired) electrons. The quantitative estimate of drug-likeness (QED) is 0.614. The van der Waals surface area contributed by atoms with Gasteiger partial charge in [0.25, 0.3) is 0 Å². The van der Waals surface area contributed by atoms with E-state index in [0.29, 0.717) is 17.4 Å². The largest absolute Gasteiger partial charge is 0.396 e. The summed E-state index contributed by atoms with van der Waals surface area (Å²) in [5, 5.41) is 12.2. The molecule has 16 heavy (non-hydrogen) atoms. The average molecular weight is 247 g/mol. The summed E-state index contributed by atoms with van der Waals surface area (Å²) < 4.78 is 0.372. The van der Waals surface area contributed by atoms with E-state index < -0.39 is 0 Å². The van der Waals surface area contributed by atoms with Crippen LogP contribution in [0.3, 0.4) is 0 Å². The zero-order valence-electron chi connectivity index (χ0n) is 11.4. The first kappa shape index (κ1) is 16.3. The standard InChI is InChI=1S/C13H29NOS/c1-12(11-16-13(2,3)4)14-9-7-5-6-8-10-15/h12,14-15H,5-11H2,1-4H3. The first-order valence-corrected chi connectivity index (χ1v) is 7.42. The van der Waals surface area contributed by atoms with Crippen LogP contribution in [0, 0.1) is 0 Å². The molecule has 0 heterocycles. The summed E-state index contributed by atoms with van der Waals surface area (Å²) in [6.07, 6.45) is 4.57. The molecule has 0 aromatic rings. The van der Waals surface area contributed by atoms with Crippen molar-refractivity contribution in [1.82, 2.24) is 5.32 Å². The Kier molecular flexibility index (Phi) is 9.47. The Labute approximate surface area is 106 Å². The van der Waals surface area contributed by atoms with Gasteiger partial charge in [-0.25, -0.2) is 0 Å². The number of unbranched alkanes of at least 4 members (excludes halogenated alkanes) is 3. The molecular formula is C13H29NOS. The number of hydrogen-bond acceptors (Lipinski definition) is 3. The van der Waals surface area contributed by atoms with Gasteiger partial charge in [0.1, 0.15) is 0 Å². The number of thioether (sulfide) groups is 1. The fraction of sp³-hybridized carbons (Fsp3) is 1.00. The maximum Gasteiger partial charge on any atom is 0.0431 e. The summed E-state index contributed by atoms with van der Waals surface area (Å²) in [4.78, 5) is 0. The van der Waals surface area contributed by atoms with Gasteiger partial charge in [-0.1, -0.05) is 33.6 Å². The lowest BCUT2D eigenvalue weighted by Gasteiger charge is -2.21. The van der Waals surface area contributed by atoms with Crippen LogP contribution in [0.5, 0.6) is 0 Å². The molecule has 98 valence electrons. The molecule has 0 aromatic heterocycles. The third-order valence-electron chi connectivity index (χ3n) is 2.34. The molecule has 0 saturated carbocycles. The van der Waals surface area contributed by atoms with Crippen LogP contribution >= 0.6 is 11.8 Å². The van der Waals surface area contributed by atoms with E-state index in [4.69, 9.17) is 5.11 Å². The zero-order valence-corrected chi connectivity index (χ0v) is 12.2. The van der Waals surface area contributed by atoms with E-state index in [1.165, 1.54) is 18.6 Å². The Hall–Kier alpha value is 0.270. The minimum absolute atomic E-state index is 0.339. The van der Waals surface area contributed by atoms with Crippen LogP contribution in [0.25, 0.3) is 0 Å². The summed E-state index contributed by atoms with van der Waals surface area (Å²) in [6.45, 7) is 10.5. The van der Waals surface area contributed by atoms with E-state index >= 15 is 0 Å². The summed E-state index contributed by atoms with van der Waals surface area (Å²) in [5.74, 6) is 1.18. The first-order valence-electron chi connectivity index (χ1n) is 6.44. The van der Waals surface area contributed by atoms with Gasteiger partial charge in [0.2, 0.25) is 0 Å². The molecule has 2 nitrogen and oxygen atoms in total. The van der Waals surface area contributed by atoms with Gasteiger partial charge in [0.15, 0.2) is 0 Å². The Morgan fingerprint density at radius 3 is 2.31 bits per heavy atom. The van der Waals surface area contributed by atoms with E-state index in [-0.39, 0.29) is 0 Å². The molecule has 2 N–H and O–H groups in total. The fourth-order valence-corrected chi connectivity index (χ4v) is 2.24. The van der Waals surface area contributed by atoms with Gasteiger partial charge in [-0.3, -0.25) is 0 Å². The molecule has 0 saturated heterocycles. The second kappa shape index (κ2) is 9.32. The topological polar surface area (TPSA) is 32.3 Å². The highest BCUT2D eigenvalue weighted by Crippen LogP contribution is 2.23. The number of rotatable bonds is 9. The van der Waals surface area contributed by atoms with Gasteiger partial charge >= 0.3 is 0 Å². The lowest BCUT2D eigenvalue weighted by Crippen LogP contribution is -2.30. The van der Waals surface area contributed by atoms with Gasteiger partial charge in [0.05, 0.1) is 0 Å². The van der Waals surface area contributed by atoms with Gasteiger partial charge < -0.3 is 10.4 Å². The van der Waals surface area contributed by atoms with Crippen molar-refractivity contribution in [3.63, 3.8) is 0 Å². The third kappa shape index (κ3) is 12.3. The molecule has 0 aliphatic heterocycles. The normalized spacial score (nSPS) is 14.1. The number of nitrogens with one attached hydrogen (secondary N) is 1. The number of aliphatic hydroxyl groups excluding tert-OH is 1. The average Bonchev–Trinajstić information content (AvgIpc) is 2.19. The fourth-order valence-electron chi connectivity index (χ4n) is 1.37. The van der Waals surface area contributed by atoms with Crippen LogP contribution in [0.2, 0.25) is 0 Å². The maximum atomic E-state index is 8.64. The Morgan fingerprint density at radius 2 is 1.75 bits per heavy atom. The van der Waals surface area contributed by atoms with E-state index in [1.54, 1.807) is 0 Å². The highest BCUT2D eigenvalue weighted by molar-refractivity contribution is 8.00. The number of aliphatic hydroxyl groups is 1. The van der Waals surface area contributed by atoms with Crippen molar-refractivity contribution >= 4 is 11.8 Å². The molecule has 0 aliphatic rings. The predicted molar refractivity (Wildman–Crippen MR) is 75.2 cm³/mol. The van der Waals surface area contributed by atoms with E-state index in [1.807, 2.05) is 11.8 Å². The maximum absolute atomic E-state index is 8.64. The van der Waals surface area contributed by atoms with Crippen LogP contribution in [0.15, 0.2) is 0 Å². The van der Waals surface area contributed by atoms with Crippen molar-refractivity contribution in [2.75, 3.05) is 18.9 Å². The van der Waals surface area contributed by atoms with Crippen LogP contribution in [0.1, 0.15) is 53.4 Å². The SMILES string of the molecule is CC(CSC(C)(C)C)NCCCCCCO. The summed E-state index contributed by atoms with van der Waals surface area (Å²) in [6, 6.07) is 0.599. The Morgan fingerprint density at radius 1 is 1.12 bits per heavy atom. The van der Waals surface area contributed by atoms with Gasteiger partial charge in [-0.15, -0.1) is 0 Å². The Bertz CT molecular complexity index is 157. The minimum atomic E-state index is 0.339. The molecule has 0 fully saturated rings. The highest BCUT2D eigenvalue weighted by Gasteiger charge is 2.12. The highest BCUT2D eigenvalue weighted by atomic mass is 32.2. The molecule has 0 aliphatic carbocycles. The predicted octanol–water partition coefficient (Wildman–Crippen LogP) is 3.05. The van der Waals surface area contributed by atoms with E-state index in [9.17, 15) is 0 Å². The van der Waals surface area contributed by atoms with Crippen LogP contribution in [-0.2, 0) is 0 Å². The molecule has 3 heteroatoms. The van der Waals surface area contributed by atoms with Crippen molar-refractivity contribution in [2.24, 2.45) is 0 Å². The minimum Gasteiger partial charge on any atom is -0.396 e. The van der Waals surface area contributed by atoms with E-state index in [2.05, 4.69) is 33.0 Å². The third-order valence-corrected chi connectivity index (χ3v) is 3.88.